The number of hydrogen-bond donors (Lipinski definition) is 1. The zero-order valence-electron chi connectivity index (χ0n) is 11.1. The van der Waals surface area contributed by atoms with Gasteiger partial charge < -0.3 is 15.2 Å². The molecule has 104 valence electrons. The number of hydrogen-bond acceptors (Lipinski definition) is 4. The highest BCUT2D eigenvalue weighted by atomic mass is 35.5. The van der Waals surface area contributed by atoms with Crippen LogP contribution in [0.5, 0.6) is 11.5 Å². The monoisotopic (exact) mass is 291 g/mol. The Kier molecular flexibility index (Phi) is 4.15. The van der Waals surface area contributed by atoms with Crippen LogP contribution in [-0.2, 0) is 0 Å². The van der Waals surface area contributed by atoms with Gasteiger partial charge in [-0.2, -0.15) is 0 Å². The van der Waals surface area contributed by atoms with Crippen LogP contribution in [0.1, 0.15) is 15.9 Å². The molecule has 2 N–H and O–H groups in total. The molecule has 0 heterocycles. The average molecular weight is 292 g/mol. The molecule has 0 spiro atoms. The SMILES string of the molecule is COc1cc(N)c(C(=O)c2ccccc2Cl)cc1OC. The predicted molar refractivity (Wildman–Crippen MR) is 78.8 cm³/mol. The summed E-state index contributed by atoms with van der Waals surface area (Å²) < 4.78 is 10.3. The number of rotatable bonds is 4. The summed E-state index contributed by atoms with van der Waals surface area (Å²) >= 11 is 6.04. The van der Waals surface area contributed by atoms with Crippen molar-refractivity contribution in [2.45, 2.75) is 0 Å². The fraction of sp³-hybridized carbons (Fsp3) is 0.133. The van der Waals surface area contributed by atoms with Gasteiger partial charge in [0.2, 0.25) is 0 Å². The van der Waals surface area contributed by atoms with Crippen molar-refractivity contribution < 1.29 is 14.3 Å². The molecule has 0 unspecified atom stereocenters. The molecule has 0 aliphatic carbocycles. The van der Waals surface area contributed by atoms with Crippen molar-refractivity contribution in [3.8, 4) is 11.5 Å². The molecule has 0 amide bonds. The first-order valence-corrected chi connectivity index (χ1v) is 6.27. The zero-order chi connectivity index (χ0) is 14.7. The van der Waals surface area contributed by atoms with Gasteiger partial charge in [0.05, 0.1) is 19.2 Å². The lowest BCUT2D eigenvalue weighted by atomic mass is 10.0. The Morgan fingerprint density at radius 1 is 1.05 bits per heavy atom. The van der Waals surface area contributed by atoms with E-state index in [1.807, 2.05) is 0 Å². The van der Waals surface area contributed by atoms with Gasteiger partial charge in [0.15, 0.2) is 17.3 Å². The van der Waals surface area contributed by atoms with Crippen LogP contribution in [0.25, 0.3) is 0 Å². The second-order valence-electron chi connectivity index (χ2n) is 4.10. The predicted octanol–water partition coefficient (Wildman–Crippen LogP) is 3.17. The minimum Gasteiger partial charge on any atom is -0.493 e. The summed E-state index contributed by atoms with van der Waals surface area (Å²) in [6.07, 6.45) is 0. The van der Waals surface area contributed by atoms with E-state index in [-0.39, 0.29) is 5.78 Å². The lowest BCUT2D eigenvalue weighted by Crippen LogP contribution is -2.07. The van der Waals surface area contributed by atoms with Crippen LogP contribution in [0.4, 0.5) is 5.69 Å². The van der Waals surface area contributed by atoms with Gasteiger partial charge in [-0.05, 0) is 18.2 Å². The normalized spacial score (nSPS) is 10.2. The molecule has 0 aliphatic heterocycles. The summed E-state index contributed by atoms with van der Waals surface area (Å²) in [5.74, 6) is 0.659. The van der Waals surface area contributed by atoms with Crippen LogP contribution in [0.3, 0.4) is 0 Å². The highest BCUT2D eigenvalue weighted by Crippen LogP contribution is 2.33. The molecule has 0 saturated heterocycles. The molecular formula is C15H14ClNO3. The van der Waals surface area contributed by atoms with Crippen LogP contribution in [0.2, 0.25) is 5.02 Å². The van der Waals surface area contributed by atoms with Crippen LogP contribution in [0, 0.1) is 0 Å². The standard InChI is InChI=1S/C15H14ClNO3/c1-19-13-7-10(12(17)8-14(13)20-2)15(18)9-5-3-4-6-11(9)16/h3-8H,17H2,1-2H3. The number of halogens is 1. The minimum absolute atomic E-state index is 0.256. The average Bonchev–Trinajstić information content (AvgIpc) is 2.46. The fourth-order valence-corrected chi connectivity index (χ4v) is 2.10. The van der Waals surface area contributed by atoms with Crippen molar-refractivity contribution in [2.75, 3.05) is 20.0 Å². The number of ether oxygens (including phenoxy) is 2. The van der Waals surface area contributed by atoms with Crippen LogP contribution in [0.15, 0.2) is 36.4 Å². The Morgan fingerprint density at radius 2 is 1.65 bits per heavy atom. The number of ketones is 1. The maximum Gasteiger partial charge on any atom is 0.196 e. The van der Waals surface area contributed by atoms with Gasteiger partial charge >= 0.3 is 0 Å². The highest BCUT2D eigenvalue weighted by molar-refractivity contribution is 6.35. The highest BCUT2D eigenvalue weighted by Gasteiger charge is 2.18. The molecule has 0 saturated carbocycles. The van der Waals surface area contributed by atoms with E-state index < -0.39 is 0 Å². The second kappa shape index (κ2) is 5.84. The third kappa shape index (κ3) is 2.56. The van der Waals surface area contributed by atoms with Crippen LogP contribution in [-0.4, -0.2) is 20.0 Å². The summed E-state index contributed by atoms with van der Waals surface area (Å²) in [5, 5.41) is 0.381. The van der Waals surface area contributed by atoms with Gasteiger partial charge in [-0.15, -0.1) is 0 Å². The summed E-state index contributed by atoms with van der Waals surface area (Å²) in [4.78, 5) is 12.5. The molecule has 0 radical (unpaired) electrons. The molecular weight excluding hydrogens is 278 g/mol. The molecule has 0 aliphatic rings. The van der Waals surface area contributed by atoms with E-state index in [0.717, 1.165) is 0 Å². The van der Waals surface area contributed by atoms with Crippen LogP contribution >= 0.6 is 11.6 Å². The Labute approximate surface area is 122 Å². The number of benzene rings is 2. The van der Waals surface area contributed by atoms with E-state index in [9.17, 15) is 4.79 Å². The van der Waals surface area contributed by atoms with E-state index in [1.54, 1.807) is 36.4 Å². The van der Waals surface area contributed by atoms with E-state index >= 15 is 0 Å². The maximum atomic E-state index is 12.5. The number of methoxy groups -OCH3 is 2. The molecule has 4 nitrogen and oxygen atoms in total. The molecule has 0 fully saturated rings. The van der Waals surface area contributed by atoms with E-state index in [1.165, 1.54) is 14.2 Å². The van der Waals surface area contributed by atoms with E-state index in [0.29, 0.717) is 33.3 Å². The number of carbonyl (C=O) groups is 1. The minimum atomic E-state index is -0.256. The number of nitrogen functional groups attached to an aromatic ring is 1. The lowest BCUT2D eigenvalue weighted by molar-refractivity contribution is 0.103. The number of carbonyl (C=O) groups excluding carboxylic acids is 1. The van der Waals surface area contributed by atoms with Crippen molar-refractivity contribution in [1.29, 1.82) is 0 Å². The van der Waals surface area contributed by atoms with Crippen molar-refractivity contribution >= 4 is 23.1 Å². The molecule has 0 aromatic heterocycles. The molecule has 5 heteroatoms. The summed E-state index contributed by atoms with van der Waals surface area (Å²) in [7, 11) is 3.00. The molecule has 2 aromatic rings. The summed E-state index contributed by atoms with van der Waals surface area (Å²) in [6, 6.07) is 9.93. The van der Waals surface area contributed by atoms with Crippen LogP contribution < -0.4 is 15.2 Å². The largest absolute Gasteiger partial charge is 0.493 e. The number of anilines is 1. The Bertz CT molecular complexity index is 656. The summed E-state index contributed by atoms with van der Waals surface area (Å²) in [5.41, 5.74) is 6.95. The molecule has 20 heavy (non-hydrogen) atoms. The van der Waals surface area contributed by atoms with Gasteiger partial charge in [-0.1, -0.05) is 23.7 Å². The van der Waals surface area contributed by atoms with Crippen molar-refractivity contribution in [2.24, 2.45) is 0 Å². The first-order valence-electron chi connectivity index (χ1n) is 5.89. The molecule has 0 bridgehead atoms. The Balaban J connectivity index is 2.53. The Hall–Kier alpha value is -2.20. The Morgan fingerprint density at radius 3 is 2.25 bits per heavy atom. The quantitative estimate of drug-likeness (QED) is 0.694. The van der Waals surface area contributed by atoms with Gasteiger partial charge in [0, 0.05) is 22.9 Å². The molecule has 2 aromatic carbocycles. The van der Waals surface area contributed by atoms with Gasteiger partial charge in [0.1, 0.15) is 0 Å². The van der Waals surface area contributed by atoms with Crippen molar-refractivity contribution in [1.82, 2.24) is 0 Å². The number of nitrogens with two attached hydrogens (primary N) is 1. The third-order valence-corrected chi connectivity index (χ3v) is 3.25. The van der Waals surface area contributed by atoms with E-state index in [2.05, 4.69) is 0 Å². The maximum absolute atomic E-state index is 12.5. The van der Waals surface area contributed by atoms with Gasteiger partial charge in [-0.3, -0.25) is 4.79 Å². The topological polar surface area (TPSA) is 61.5 Å². The lowest BCUT2D eigenvalue weighted by Gasteiger charge is -2.12. The fourth-order valence-electron chi connectivity index (χ4n) is 1.88. The second-order valence-corrected chi connectivity index (χ2v) is 4.51. The van der Waals surface area contributed by atoms with Gasteiger partial charge in [-0.25, -0.2) is 0 Å². The molecule has 0 atom stereocenters. The van der Waals surface area contributed by atoms with E-state index in [4.69, 9.17) is 26.8 Å². The zero-order valence-corrected chi connectivity index (χ0v) is 11.9. The summed E-state index contributed by atoms with van der Waals surface area (Å²) in [6.45, 7) is 0. The smallest absolute Gasteiger partial charge is 0.196 e. The first kappa shape index (κ1) is 14.2. The molecule has 2 rings (SSSR count). The van der Waals surface area contributed by atoms with Crippen molar-refractivity contribution in [3.63, 3.8) is 0 Å². The third-order valence-electron chi connectivity index (χ3n) is 2.92. The van der Waals surface area contributed by atoms with Gasteiger partial charge in [0.25, 0.3) is 0 Å². The van der Waals surface area contributed by atoms with Crippen molar-refractivity contribution in [3.05, 3.63) is 52.5 Å². The first-order chi connectivity index (χ1) is 9.58.